The number of Topliss-reactive ketones (excluding diaryl/α,β-unsaturated/α-hetero) is 1. The molecule has 3 amide bonds. The highest BCUT2D eigenvalue weighted by molar-refractivity contribution is 6.07. The normalized spacial score (nSPS) is 25.5. The van der Waals surface area contributed by atoms with Gasteiger partial charge >= 0.3 is 6.03 Å². The van der Waals surface area contributed by atoms with Gasteiger partial charge in [0.15, 0.2) is 5.78 Å². The molecule has 1 spiro atoms. The third kappa shape index (κ3) is 3.08. The van der Waals surface area contributed by atoms with Gasteiger partial charge in [-0.25, -0.2) is 4.79 Å². The number of benzene rings is 1. The Morgan fingerprint density at radius 3 is 2.77 bits per heavy atom. The fraction of sp³-hybridized carbons (Fsp3) is 0.550. The number of nitrogens with zero attached hydrogens (tertiary/aromatic N) is 1. The van der Waals surface area contributed by atoms with E-state index in [-0.39, 0.29) is 30.2 Å². The number of carbonyl (C=O) groups is 3. The molecule has 1 aromatic rings. The smallest absolute Gasteiger partial charge is 0.325 e. The van der Waals surface area contributed by atoms with Crippen molar-refractivity contribution >= 4 is 17.7 Å². The molecule has 1 aliphatic carbocycles. The van der Waals surface area contributed by atoms with Crippen LogP contribution in [0.15, 0.2) is 18.2 Å². The first-order chi connectivity index (χ1) is 12.4. The van der Waals surface area contributed by atoms with E-state index >= 15 is 0 Å². The molecule has 0 unspecified atom stereocenters. The maximum absolute atomic E-state index is 13.1. The Morgan fingerprint density at radius 1 is 1.35 bits per heavy atom. The van der Waals surface area contributed by atoms with Crippen LogP contribution in [0.25, 0.3) is 0 Å². The van der Waals surface area contributed by atoms with Crippen LogP contribution >= 0.6 is 0 Å². The summed E-state index contributed by atoms with van der Waals surface area (Å²) in [6.07, 6.45) is 3.64. The molecule has 26 heavy (non-hydrogen) atoms. The van der Waals surface area contributed by atoms with Gasteiger partial charge in [-0.15, -0.1) is 0 Å². The van der Waals surface area contributed by atoms with E-state index in [2.05, 4.69) is 5.32 Å². The number of imide groups is 1. The van der Waals surface area contributed by atoms with Crippen molar-refractivity contribution in [3.63, 3.8) is 0 Å². The van der Waals surface area contributed by atoms with E-state index in [1.54, 1.807) is 18.2 Å². The Hall–Kier alpha value is -2.37. The predicted octanol–water partition coefficient (Wildman–Crippen LogP) is 3.29. The van der Waals surface area contributed by atoms with Crippen molar-refractivity contribution in [2.24, 2.45) is 5.92 Å². The van der Waals surface area contributed by atoms with Gasteiger partial charge in [0.05, 0.1) is 13.2 Å². The van der Waals surface area contributed by atoms with Crippen LogP contribution in [0.3, 0.4) is 0 Å². The quantitative estimate of drug-likeness (QED) is 0.647. The minimum Gasteiger partial charge on any atom is -0.494 e. The van der Waals surface area contributed by atoms with Gasteiger partial charge in [0.2, 0.25) is 0 Å². The summed E-state index contributed by atoms with van der Waals surface area (Å²) in [5.41, 5.74) is 0.430. The van der Waals surface area contributed by atoms with Gasteiger partial charge in [0.1, 0.15) is 11.3 Å². The summed E-state index contributed by atoms with van der Waals surface area (Å²) in [6.45, 7) is 5.97. The Bertz CT molecular complexity index is 745. The van der Waals surface area contributed by atoms with Crippen molar-refractivity contribution in [3.05, 3.63) is 29.3 Å². The lowest BCUT2D eigenvalue weighted by atomic mass is 9.73. The molecule has 2 fully saturated rings. The first kappa shape index (κ1) is 18.4. The summed E-state index contributed by atoms with van der Waals surface area (Å²) in [4.78, 5) is 38.7. The van der Waals surface area contributed by atoms with Crippen molar-refractivity contribution in [1.82, 2.24) is 10.2 Å². The third-order valence-corrected chi connectivity index (χ3v) is 5.60. The number of ether oxygens (including phenoxy) is 1. The van der Waals surface area contributed by atoms with E-state index in [1.807, 2.05) is 13.8 Å². The summed E-state index contributed by atoms with van der Waals surface area (Å²) in [6, 6.07) is 4.78. The molecule has 1 aromatic carbocycles. The van der Waals surface area contributed by atoms with Crippen molar-refractivity contribution < 1.29 is 19.1 Å². The second-order valence-electron chi connectivity index (χ2n) is 7.25. The summed E-state index contributed by atoms with van der Waals surface area (Å²) < 4.78 is 5.63. The lowest BCUT2D eigenvalue weighted by Gasteiger charge is -2.36. The highest BCUT2D eigenvalue weighted by Crippen LogP contribution is 2.39. The molecule has 6 heteroatoms. The van der Waals surface area contributed by atoms with Crippen molar-refractivity contribution in [1.29, 1.82) is 0 Å². The molecule has 2 atom stereocenters. The maximum Gasteiger partial charge on any atom is 0.325 e. The first-order valence-electron chi connectivity index (χ1n) is 9.30. The van der Waals surface area contributed by atoms with Crippen LogP contribution in [0.4, 0.5) is 4.79 Å². The van der Waals surface area contributed by atoms with E-state index in [9.17, 15) is 14.4 Å². The van der Waals surface area contributed by atoms with Gasteiger partial charge in [-0.05, 0) is 50.8 Å². The molecule has 2 aliphatic rings. The van der Waals surface area contributed by atoms with E-state index < -0.39 is 5.54 Å². The zero-order chi connectivity index (χ0) is 18.9. The van der Waals surface area contributed by atoms with E-state index in [4.69, 9.17) is 4.74 Å². The Kier molecular flexibility index (Phi) is 5.03. The van der Waals surface area contributed by atoms with E-state index in [1.165, 1.54) is 11.8 Å². The fourth-order valence-corrected chi connectivity index (χ4v) is 4.03. The standard InChI is InChI=1S/C20H26N2O4/c1-4-26-17-9-8-15(14(3)23)11-16(17)12-22-18(24)20(21-19(22)25)10-6-5-7-13(20)2/h8-9,11,13H,4-7,10,12H2,1-3H3,(H,21,25)/t13-,20-/m0/s1. The van der Waals surface area contributed by atoms with Crippen LogP contribution < -0.4 is 10.1 Å². The van der Waals surface area contributed by atoms with Crippen molar-refractivity contribution in [2.45, 2.75) is 58.5 Å². The number of hydrogen-bond donors (Lipinski definition) is 1. The van der Waals surface area contributed by atoms with Crippen molar-refractivity contribution in [2.75, 3.05) is 6.61 Å². The third-order valence-electron chi connectivity index (χ3n) is 5.60. The number of rotatable bonds is 5. The Balaban J connectivity index is 1.91. The van der Waals surface area contributed by atoms with Gasteiger partial charge in [-0.2, -0.15) is 0 Å². The van der Waals surface area contributed by atoms with Crippen molar-refractivity contribution in [3.8, 4) is 5.75 Å². The summed E-state index contributed by atoms with van der Waals surface area (Å²) >= 11 is 0. The second-order valence-corrected chi connectivity index (χ2v) is 7.25. The van der Waals surface area contributed by atoms with Crippen LogP contribution in [-0.4, -0.2) is 34.8 Å². The zero-order valence-corrected chi connectivity index (χ0v) is 15.6. The highest BCUT2D eigenvalue weighted by atomic mass is 16.5. The summed E-state index contributed by atoms with van der Waals surface area (Å²) in [7, 11) is 0. The average molecular weight is 358 g/mol. The minimum absolute atomic E-state index is 0.0659. The SMILES string of the molecule is CCOc1ccc(C(C)=O)cc1CN1C(=O)N[C@]2(CCCC[C@@H]2C)C1=O. The summed E-state index contributed by atoms with van der Waals surface area (Å²) in [5.74, 6) is 0.484. The molecule has 140 valence electrons. The van der Waals surface area contributed by atoms with Gasteiger partial charge in [-0.1, -0.05) is 19.8 Å². The molecule has 3 rings (SSSR count). The van der Waals surface area contributed by atoms with Crippen LogP contribution in [0.1, 0.15) is 62.4 Å². The zero-order valence-electron chi connectivity index (χ0n) is 15.6. The molecule has 1 N–H and O–H groups in total. The van der Waals surface area contributed by atoms with Gasteiger partial charge in [0.25, 0.3) is 5.91 Å². The van der Waals surface area contributed by atoms with E-state index in [0.717, 1.165) is 19.3 Å². The fourth-order valence-electron chi connectivity index (χ4n) is 4.03. The lowest BCUT2D eigenvalue weighted by Crippen LogP contribution is -2.53. The molecular formula is C20H26N2O4. The second kappa shape index (κ2) is 7.09. The number of urea groups is 1. The van der Waals surface area contributed by atoms with Gasteiger partial charge in [-0.3, -0.25) is 14.5 Å². The molecule has 1 saturated heterocycles. The number of ketones is 1. The number of hydrogen-bond acceptors (Lipinski definition) is 4. The van der Waals surface area contributed by atoms with Crippen LogP contribution in [0.2, 0.25) is 0 Å². The molecule has 0 radical (unpaired) electrons. The van der Waals surface area contributed by atoms with E-state index in [0.29, 0.717) is 29.9 Å². The average Bonchev–Trinajstić information content (AvgIpc) is 2.84. The Morgan fingerprint density at radius 2 is 2.12 bits per heavy atom. The topological polar surface area (TPSA) is 75.7 Å². The maximum atomic E-state index is 13.1. The monoisotopic (exact) mass is 358 g/mol. The van der Waals surface area contributed by atoms with Crippen LogP contribution in [0.5, 0.6) is 5.75 Å². The molecule has 0 aromatic heterocycles. The predicted molar refractivity (Wildman–Crippen MR) is 97.1 cm³/mol. The highest BCUT2D eigenvalue weighted by Gasteiger charge is 2.54. The first-order valence-corrected chi connectivity index (χ1v) is 9.30. The molecule has 6 nitrogen and oxygen atoms in total. The molecule has 0 bridgehead atoms. The van der Waals surface area contributed by atoms with Crippen LogP contribution in [0, 0.1) is 5.92 Å². The molecule has 1 aliphatic heterocycles. The number of carbonyl (C=O) groups excluding carboxylic acids is 3. The molecule has 1 heterocycles. The molecular weight excluding hydrogens is 332 g/mol. The minimum atomic E-state index is -0.778. The largest absolute Gasteiger partial charge is 0.494 e. The molecule has 1 saturated carbocycles. The van der Waals surface area contributed by atoms with Gasteiger partial charge < -0.3 is 10.1 Å². The Labute approximate surface area is 153 Å². The summed E-state index contributed by atoms with van der Waals surface area (Å²) in [5, 5.41) is 2.96. The van der Waals surface area contributed by atoms with Gasteiger partial charge in [0, 0.05) is 11.1 Å². The number of nitrogens with one attached hydrogen (secondary N) is 1. The number of amides is 3. The lowest BCUT2D eigenvalue weighted by molar-refractivity contribution is -0.134. The van der Waals surface area contributed by atoms with Crippen LogP contribution in [-0.2, 0) is 11.3 Å².